The molecule has 1 fully saturated rings. The van der Waals surface area contributed by atoms with Crippen LogP contribution in [0.2, 0.25) is 0 Å². The van der Waals surface area contributed by atoms with Crippen molar-refractivity contribution in [2.75, 3.05) is 0 Å². The highest BCUT2D eigenvalue weighted by atomic mass is 79.9. The molecule has 84 valence electrons. The number of piperidine rings is 1. The molecule has 0 bridgehead atoms. The Morgan fingerprint density at radius 3 is 2.88 bits per heavy atom. The largest absolute Gasteiger partial charge is 0.295 e. The summed E-state index contributed by atoms with van der Waals surface area (Å²) in [5, 5.41) is 2.19. The first-order valence-corrected chi connectivity index (χ1v) is 6.58. The van der Waals surface area contributed by atoms with Crippen molar-refractivity contribution in [2.24, 2.45) is 0 Å². The molecule has 1 aromatic rings. The van der Waals surface area contributed by atoms with E-state index in [-0.39, 0.29) is 17.1 Å². The van der Waals surface area contributed by atoms with Crippen molar-refractivity contribution in [2.45, 2.75) is 23.0 Å². The lowest BCUT2D eigenvalue weighted by atomic mass is 10.1. The molecular weight excluding hydrogens is 290 g/mol. The number of thioether (sulfide) groups is 1. The predicted molar refractivity (Wildman–Crippen MR) is 66.2 cm³/mol. The lowest BCUT2D eigenvalue weighted by molar-refractivity contribution is -0.132. The van der Waals surface area contributed by atoms with Crippen molar-refractivity contribution in [3.63, 3.8) is 0 Å². The minimum Gasteiger partial charge on any atom is -0.295 e. The molecule has 1 aliphatic rings. The van der Waals surface area contributed by atoms with Crippen molar-refractivity contribution in [1.82, 2.24) is 5.32 Å². The third kappa shape index (κ3) is 2.86. The van der Waals surface area contributed by atoms with Crippen LogP contribution in [0.1, 0.15) is 12.8 Å². The van der Waals surface area contributed by atoms with Gasteiger partial charge >= 0.3 is 0 Å². The van der Waals surface area contributed by atoms with Crippen LogP contribution in [-0.2, 0) is 9.59 Å². The van der Waals surface area contributed by atoms with Gasteiger partial charge in [0, 0.05) is 15.8 Å². The van der Waals surface area contributed by atoms with Crippen molar-refractivity contribution >= 4 is 39.5 Å². The maximum atomic E-state index is 11.5. The van der Waals surface area contributed by atoms with E-state index in [9.17, 15) is 9.59 Å². The number of amides is 2. The first-order chi connectivity index (χ1) is 7.65. The third-order valence-corrected chi connectivity index (χ3v) is 4.02. The molecule has 1 aromatic carbocycles. The van der Waals surface area contributed by atoms with E-state index in [1.165, 1.54) is 11.8 Å². The van der Waals surface area contributed by atoms with E-state index in [1.807, 2.05) is 24.3 Å². The predicted octanol–water partition coefficient (Wildman–Crippen LogP) is 2.35. The van der Waals surface area contributed by atoms with Gasteiger partial charge in [0.1, 0.15) is 0 Å². The fourth-order valence-corrected chi connectivity index (χ4v) is 3.12. The molecule has 1 atom stereocenters. The average molecular weight is 300 g/mol. The van der Waals surface area contributed by atoms with Crippen molar-refractivity contribution in [3.05, 3.63) is 28.7 Å². The summed E-state index contributed by atoms with van der Waals surface area (Å²) in [4.78, 5) is 23.5. The van der Waals surface area contributed by atoms with Crippen LogP contribution in [0.5, 0.6) is 0 Å². The van der Waals surface area contributed by atoms with Crippen molar-refractivity contribution in [3.8, 4) is 0 Å². The maximum Gasteiger partial charge on any atom is 0.240 e. The molecule has 0 aliphatic carbocycles. The number of rotatable bonds is 2. The van der Waals surface area contributed by atoms with E-state index >= 15 is 0 Å². The first kappa shape index (κ1) is 11.7. The van der Waals surface area contributed by atoms with Gasteiger partial charge in [-0.25, -0.2) is 0 Å². The highest BCUT2D eigenvalue weighted by molar-refractivity contribution is 9.10. The highest BCUT2D eigenvalue weighted by Gasteiger charge is 2.27. The SMILES string of the molecule is O=C1CCC(Sc2cccc(Br)c2)C(=O)N1. The van der Waals surface area contributed by atoms with Crippen LogP contribution in [0.3, 0.4) is 0 Å². The number of imide groups is 1. The molecule has 1 heterocycles. The smallest absolute Gasteiger partial charge is 0.240 e. The van der Waals surface area contributed by atoms with E-state index in [0.29, 0.717) is 12.8 Å². The zero-order valence-electron chi connectivity index (χ0n) is 8.40. The Morgan fingerprint density at radius 2 is 2.19 bits per heavy atom. The summed E-state index contributed by atoms with van der Waals surface area (Å²) in [6, 6.07) is 7.79. The lowest BCUT2D eigenvalue weighted by Crippen LogP contribution is -2.42. The van der Waals surface area contributed by atoms with Crippen LogP contribution in [0.25, 0.3) is 0 Å². The fourth-order valence-electron chi connectivity index (χ4n) is 1.49. The Hall–Kier alpha value is -0.810. The Kier molecular flexibility index (Phi) is 3.66. The monoisotopic (exact) mass is 299 g/mol. The molecule has 2 amide bonds. The van der Waals surface area contributed by atoms with Gasteiger partial charge in [0.05, 0.1) is 5.25 Å². The molecule has 2 rings (SSSR count). The Balaban J connectivity index is 2.05. The van der Waals surface area contributed by atoms with Crippen LogP contribution in [0.15, 0.2) is 33.6 Å². The number of carbonyl (C=O) groups is 2. The van der Waals surface area contributed by atoms with Gasteiger partial charge in [-0.15, -0.1) is 11.8 Å². The molecule has 1 aliphatic heterocycles. The lowest BCUT2D eigenvalue weighted by Gasteiger charge is -2.20. The van der Waals surface area contributed by atoms with Gasteiger partial charge in [-0.2, -0.15) is 0 Å². The molecule has 1 saturated heterocycles. The Bertz CT molecular complexity index is 436. The molecular formula is C11H10BrNO2S. The normalized spacial score (nSPS) is 20.7. The minimum atomic E-state index is -0.179. The van der Waals surface area contributed by atoms with Crippen LogP contribution in [0.4, 0.5) is 0 Å². The van der Waals surface area contributed by atoms with E-state index in [1.54, 1.807) is 0 Å². The van der Waals surface area contributed by atoms with Crippen molar-refractivity contribution in [1.29, 1.82) is 0 Å². The number of carbonyl (C=O) groups excluding carboxylic acids is 2. The van der Waals surface area contributed by atoms with Crippen LogP contribution in [0, 0.1) is 0 Å². The highest BCUT2D eigenvalue weighted by Crippen LogP contribution is 2.29. The average Bonchev–Trinajstić information content (AvgIpc) is 2.22. The summed E-state index contributed by atoms with van der Waals surface area (Å²) in [7, 11) is 0. The molecule has 16 heavy (non-hydrogen) atoms. The van der Waals surface area contributed by atoms with E-state index in [4.69, 9.17) is 0 Å². The first-order valence-electron chi connectivity index (χ1n) is 4.91. The molecule has 0 saturated carbocycles. The summed E-state index contributed by atoms with van der Waals surface area (Å²) < 4.78 is 0.991. The topological polar surface area (TPSA) is 46.2 Å². The summed E-state index contributed by atoms with van der Waals surface area (Å²) >= 11 is 4.88. The number of halogens is 1. The van der Waals surface area contributed by atoms with E-state index in [0.717, 1.165) is 9.37 Å². The van der Waals surface area contributed by atoms with Gasteiger partial charge in [0.25, 0.3) is 0 Å². The van der Waals surface area contributed by atoms with Gasteiger partial charge in [0.15, 0.2) is 0 Å². The van der Waals surface area contributed by atoms with E-state index in [2.05, 4.69) is 21.2 Å². The number of nitrogens with one attached hydrogen (secondary N) is 1. The summed E-state index contributed by atoms with van der Waals surface area (Å²) in [6.45, 7) is 0. The second-order valence-electron chi connectivity index (χ2n) is 3.51. The maximum absolute atomic E-state index is 11.5. The summed E-state index contributed by atoms with van der Waals surface area (Å²) in [5.41, 5.74) is 0. The van der Waals surface area contributed by atoms with Gasteiger partial charge in [0.2, 0.25) is 11.8 Å². The van der Waals surface area contributed by atoms with Gasteiger partial charge in [-0.1, -0.05) is 22.0 Å². The fraction of sp³-hybridized carbons (Fsp3) is 0.273. The zero-order chi connectivity index (χ0) is 11.5. The summed E-state index contributed by atoms with van der Waals surface area (Å²) in [5.74, 6) is -0.350. The van der Waals surface area contributed by atoms with Gasteiger partial charge in [-0.3, -0.25) is 14.9 Å². The number of hydrogen-bond acceptors (Lipinski definition) is 3. The number of benzene rings is 1. The van der Waals surface area contributed by atoms with Crippen molar-refractivity contribution < 1.29 is 9.59 Å². The second kappa shape index (κ2) is 5.01. The Morgan fingerprint density at radius 1 is 1.38 bits per heavy atom. The molecule has 1 N–H and O–H groups in total. The molecule has 0 radical (unpaired) electrons. The number of hydrogen-bond donors (Lipinski definition) is 1. The standard InChI is InChI=1S/C11H10BrNO2S/c12-7-2-1-3-8(6-7)16-9-4-5-10(14)13-11(9)15/h1-3,6,9H,4-5H2,(H,13,14,15). The molecule has 3 nitrogen and oxygen atoms in total. The molecule has 1 unspecified atom stereocenters. The van der Waals surface area contributed by atoms with Crippen LogP contribution >= 0.6 is 27.7 Å². The van der Waals surface area contributed by atoms with Crippen LogP contribution in [-0.4, -0.2) is 17.1 Å². The minimum absolute atomic E-state index is 0.160. The molecule has 0 spiro atoms. The quantitative estimate of drug-likeness (QED) is 0.853. The second-order valence-corrected chi connectivity index (χ2v) is 5.71. The zero-order valence-corrected chi connectivity index (χ0v) is 10.8. The Labute approximate surface area is 106 Å². The molecule has 0 aromatic heterocycles. The van der Waals surface area contributed by atoms with Gasteiger partial charge < -0.3 is 0 Å². The third-order valence-electron chi connectivity index (χ3n) is 2.26. The van der Waals surface area contributed by atoms with Crippen LogP contribution < -0.4 is 5.32 Å². The van der Waals surface area contributed by atoms with Gasteiger partial charge in [-0.05, 0) is 24.6 Å². The summed E-state index contributed by atoms with van der Waals surface area (Å²) in [6.07, 6.45) is 1.04. The molecule has 5 heteroatoms. The van der Waals surface area contributed by atoms with E-state index < -0.39 is 0 Å².